The van der Waals surface area contributed by atoms with Crippen molar-refractivity contribution in [1.82, 2.24) is 9.55 Å². The van der Waals surface area contributed by atoms with Gasteiger partial charge in [-0.3, -0.25) is 18.9 Å². The monoisotopic (exact) mass is 478 g/mol. The number of nitrogens with one attached hydrogen (secondary N) is 1. The molecule has 18 heteroatoms. The van der Waals surface area contributed by atoms with Crippen LogP contribution in [0, 0.1) is 5.92 Å². The first-order chi connectivity index (χ1) is 13.2. The summed E-state index contributed by atoms with van der Waals surface area (Å²) < 4.78 is 51.9. The Morgan fingerprint density at radius 3 is 2.41 bits per heavy atom. The predicted molar refractivity (Wildman–Crippen MR) is 93.4 cm³/mol. The zero-order valence-electron chi connectivity index (χ0n) is 14.3. The molecule has 2 rings (SSSR count). The number of aromatic amines is 1. The maximum absolute atomic E-state index is 11.9. The van der Waals surface area contributed by atoms with E-state index in [-0.39, 0.29) is 6.42 Å². The standard InChI is InChI=1S/C11H17N2O13P3/c1-2-7-5-8(24-10(7)13-4-3-9(14)12-11(13)15)6-23-28(19,20)26-29(21,22)25-27(16,17)18/h2-4,7-8,10H,1,5-6H2,(H,19,20)(H,21,22)(H,12,14,15)(H2,16,17,18)/t7-,8-,10+/m0/s1. The molecule has 0 aromatic carbocycles. The average molecular weight is 478 g/mol. The lowest BCUT2D eigenvalue weighted by Crippen LogP contribution is -2.33. The predicted octanol–water partition coefficient (Wildman–Crippen LogP) is -0.0304. The van der Waals surface area contributed by atoms with Crippen LogP contribution in [0.2, 0.25) is 0 Å². The number of hydrogen-bond acceptors (Lipinski definition) is 9. The van der Waals surface area contributed by atoms with E-state index in [1.807, 2.05) is 4.98 Å². The molecule has 0 radical (unpaired) electrons. The van der Waals surface area contributed by atoms with Crippen molar-refractivity contribution in [3.05, 3.63) is 45.8 Å². The molecule has 164 valence electrons. The molecule has 2 heterocycles. The summed E-state index contributed by atoms with van der Waals surface area (Å²) >= 11 is 0. The molecule has 1 aromatic rings. The van der Waals surface area contributed by atoms with Crippen LogP contribution in [0.1, 0.15) is 12.6 Å². The minimum absolute atomic E-state index is 0.148. The highest BCUT2D eigenvalue weighted by Gasteiger charge is 2.42. The van der Waals surface area contributed by atoms with Crippen LogP contribution in [0.3, 0.4) is 0 Å². The lowest BCUT2D eigenvalue weighted by Gasteiger charge is -2.19. The van der Waals surface area contributed by atoms with Gasteiger partial charge >= 0.3 is 29.2 Å². The molecule has 1 aromatic heterocycles. The fraction of sp³-hybridized carbons (Fsp3) is 0.455. The van der Waals surface area contributed by atoms with E-state index in [0.29, 0.717) is 0 Å². The Morgan fingerprint density at radius 1 is 1.21 bits per heavy atom. The van der Waals surface area contributed by atoms with Crippen LogP contribution in [0.4, 0.5) is 0 Å². The van der Waals surface area contributed by atoms with E-state index in [2.05, 4.69) is 19.7 Å². The van der Waals surface area contributed by atoms with Gasteiger partial charge in [-0.05, 0) is 6.42 Å². The highest BCUT2D eigenvalue weighted by Crippen LogP contribution is 2.66. The zero-order chi connectivity index (χ0) is 22.0. The van der Waals surface area contributed by atoms with Gasteiger partial charge in [0, 0.05) is 18.2 Å². The van der Waals surface area contributed by atoms with Gasteiger partial charge in [0.25, 0.3) is 5.56 Å². The SMILES string of the molecule is C=C[C@H]1C[C@@H](COP(=O)(O)OP(=O)(O)OP(=O)(O)O)O[C@H]1n1ccc(=O)[nH]c1=O. The molecule has 29 heavy (non-hydrogen) atoms. The van der Waals surface area contributed by atoms with Crippen LogP contribution in [0.5, 0.6) is 0 Å². The molecule has 1 fully saturated rings. The van der Waals surface area contributed by atoms with Crippen molar-refractivity contribution in [2.75, 3.05) is 6.61 Å². The van der Waals surface area contributed by atoms with Gasteiger partial charge in [0.1, 0.15) is 6.23 Å². The summed E-state index contributed by atoms with van der Waals surface area (Å²) in [7, 11) is -16.4. The van der Waals surface area contributed by atoms with Crippen molar-refractivity contribution in [3.63, 3.8) is 0 Å². The van der Waals surface area contributed by atoms with Crippen molar-refractivity contribution in [1.29, 1.82) is 0 Å². The number of nitrogens with zero attached hydrogens (tertiary/aromatic N) is 1. The number of phosphoric acid groups is 3. The molecule has 1 aliphatic rings. The normalized spacial score (nSPS) is 26.6. The second kappa shape index (κ2) is 8.88. The molecular weight excluding hydrogens is 461 g/mol. The van der Waals surface area contributed by atoms with Gasteiger partial charge in [-0.1, -0.05) is 6.08 Å². The molecule has 1 aliphatic heterocycles. The summed E-state index contributed by atoms with van der Waals surface area (Å²) in [6.45, 7) is 2.93. The third kappa shape index (κ3) is 7.21. The van der Waals surface area contributed by atoms with Gasteiger partial charge in [0.15, 0.2) is 0 Å². The van der Waals surface area contributed by atoms with Crippen LogP contribution in [-0.4, -0.2) is 41.8 Å². The average Bonchev–Trinajstić information content (AvgIpc) is 2.92. The van der Waals surface area contributed by atoms with Crippen LogP contribution in [-0.2, 0) is 31.6 Å². The largest absolute Gasteiger partial charge is 0.490 e. The van der Waals surface area contributed by atoms with Crippen molar-refractivity contribution in [2.45, 2.75) is 18.8 Å². The number of ether oxygens (including phenoxy) is 1. The van der Waals surface area contributed by atoms with E-state index in [0.717, 1.165) is 10.6 Å². The van der Waals surface area contributed by atoms with Crippen LogP contribution in [0.15, 0.2) is 34.5 Å². The summed E-state index contributed by atoms with van der Waals surface area (Å²) in [5, 5.41) is 0. The van der Waals surface area contributed by atoms with Crippen LogP contribution in [0.25, 0.3) is 0 Å². The third-order valence-electron chi connectivity index (χ3n) is 3.50. The Labute approximate surface area is 162 Å². The first-order valence-electron chi connectivity index (χ1n) is 7.59. The first-order valence-corrected chi connectivity index (χ1v) is 12.1. The van der Waals surface area contributed by atoms with E-state index in [1.165, 1.54) is 12.3 Å². The lowest BCUT2D eigenvalue weighted by atomic mass is 10.0. The van der Waals surface area contributed by atoms with Crippen molar-refractivity contribution < 1.29 is 51.2 Å². The van der Waals surface area contributed by atoms with Crippen LogP contribution < -0.4 is 11.2 Å². The molecule has 0 aliphatic carbocycles. The van der Waals surface area contributed by atoms with E-state index in [4.69, 9.17) is 19.4 Å². The number of rotatable bonds is 9. The first kappa shape index (κ1) is 24.1. The summed E-state index contributed by atoms with van der Waals surface area (Å²) in [6.07, 6.45) is 0.952. The van der Waals surface area contributed by atoms with Gasteiger partial charge in [-0.25, -0.2) is 18.5 Å². The summed E-state index contributed by atoms with van der Waals surface area (Å²) in [4.78, 5) is 60.6. The molecule has 0 spiro atoms. The third-order valence-corrected chi connectivity index (χ3v) is 7.30. The number of phosphoric ester groups is 1. The highest BCUT2D eigenvalue weighted by molar-refractivity contribution is 7.66. The Morgan fingerprint density at radius 2 is 1.86 bits per heavy atom. The Hall–Kier alpha value is -1.21. The molecule has 5 N–H and O–H groups in total. The van der Waals surface area contributed by atoms with Gasteiger partial charge < -0.3 is 24.3 Å². The van der Waals surface area contributed by atoms with E-state index in [1.54, 1.807) is 0 Å². The Bertz CT molecular complexity index is 1010. The molecule has 1 saturated heterocycles. The summed E-state index contributed by atoms with van der Waals surface area (Å²) in [5.74, 6) is -0.465. The van der Waals surface area contributed by atoms with E-state index < -0.39 is 59.6 Å². The minimum atomic E-state index is -5.62. The molecule has 0 saturated carbocycles. The summed E-state index contributed by atoms with van der Waals surface area (Å²) in [5.41, 5.74) is -1.38. The lowest BCUT2D eigenvalue weighted by molar-refractivity contribution is -0.0307. The van der Waals surface area contributed by atoms with E-state index >= 15 is 0 Å². The smallest absolute Gasteiger partial charge is 0.352 e. The molecule has 5 atom stereocenters. The van der Waals surface area contributed by atoms with Gasteiger partial charge in [-0.15, -0.1) is 6.58 Å². The van der Waals surface area contributed by atoms with Gasteiger partial charge in [0.2, 0.25) is 0 Å². The Balaban J connectivity index is 2.04. The zero-order valence-corrected chi connectivity index (χ0v) is 17.0. The van der Waals surface area contributed by atoms with Crippen molar-refractivity contribution in [3.8, 4) is 0 Å². The highest BCUT2D eigenvalue weighted by atomic mass is 31.3. The summed E-state index contributed by atoms with van der Waals surface area (Å²) in [6, 6.07) is 1.09. The number of aromatic nitrogens is 2. The van der Waals surface area contributed by atoms with Gasteiger partial charge in [0.05, 0.1) is 12.7 Å². The van der Waals surface area contributed by atoms with Gasteiger partial charge in [-0.2, -0.15) is 8.62 Å². The van der Waals surface area contributed by atoms with E-state index in [9.17, 15) is 28.2 Å². The molecular formula is C11H17N2O13P3. The fourth-order valence-electron chi connectivity index (χ4n) is 2.47. The maximum atomic E-state index is 11.9. The fourth-order valence-corrected chi connectivity index (χ4v) is 5.52. The second-order valence-corrected chi connectivity index (χ2v) is 10.1. The number of hydrogen-bond donors (Lipinski definition) is 5. The minimum Gasteiger partial charge on any atom is -0.352 e. The van der Waals surface area contributed by atoms with Crippen molar-refractivity contribution in [2.24, 2.45) is 5.92 Å². The molecule has 0 bridgehead atoms. The second-order valence-electron chi connectivity index (χ2n) is 5.69. The molecule has 15 nitrogen and oxygen atoms in total. The van der Waals surface area contributed by atoms with Crippen molar-refractivity contribution >= 4 is 23.5 Å². The molecule has 2 unspecified atom stereocenters. The maximum Gasteiger partial charge on any atom is 0.490 e. The number of H-pyrrole nitrogens is 1. The molecule has 0 amide bonds. The van der Waals surface area contributed by atoms with Crippen LogP contribution >= 0.6 is 23.5 Å². The quantitative estimate of drug-likeness (QED) is 0.232. The Kier molecular flexibility index (Phi) is 7.37. The topological polar surface area (TPSA) is 224 Å².